The minimum atomic E-state index is -0.807. The van der Waals surface area contributed by atoms with Gasteiger partial charge in [0.25, 0.3) is 0 Å². The summed E-state index contributed by atoms with van der Waals surface area (Å²) in [5, 5.41) is 9.03. The predicted molar refractivity (Wildman–Crippen MR) is 80.0 cm³/mol. The van der Waals surface area contributed by atoms with Crippen LogP contribution in [0.25, 0.3) is 0 Å². The number of hydrogen-bond acceptors (Lipinski definition) is 3. The molecular weight excluding hydrogens is 254 g/mol. The smallest absolute Gasteiger partial charge is 0.317 e. The van der Waals surface area contributed by atoms with Crippen LogP contribution in [0.2, 0.25) is 0 Å². The van der Waals surface area contributed by atoms with Crippen molar-refractivity contribution in [1.82, 2.24) is 4.90 Å². The van der Waals surface area contributed by atoms with Crippen molar-refractivity contribution in [3.63, 3.8) is 0 Å². The van der Waals surface area contributed by atoms with Gasteiger partial charge in [0, 0.05) is 12.1 Å². The van der Waals surface area contributed by atoms with Crippen molar-refractivity contribution in [1.29, 1.82) is 0 Å². The van der Waals surface area contributed by atoms with Crippen molar-refractivity contribution in [3.8, 4) is 5.75 Å². The van der Waals surface area contributed by atoms with Crippen molar-refractivity contribution < 1.29 is 14.6 Å². The van der Waals surface area contributed by atoms with E-state index in [0.717, 1.165) is 17.7 Å². The van der Waals surface area contributed by atoms with Gasteiger partial charge in [-0.25, -0.2) is 0 Å². The Balaban J connectivity index is 2.80. The summed E-state index contributed by atoms with van der Waals surface area (Å²) in [7, 11) is 0. The van der Waals surface area contributed by atoms with E-state index in [-0.39, 0.29) is 12.1 Å². The van der Waals surface area contributed by atoms with Crippen LogP contribution in [0.1, 0.15) is 39.7 Å². The average Bonchev–Trinajstić information content (AvgIpc) is 2.34. The molecule has 112 valence electrons. The molecule has 4 heteroatoms. The molecule has 0 amide bonds. The maximum atomic E-state index is 11.0. The predicted octanol–water partition coefficient (Wildman–Crippen LogP) is 3.16. The molecule has 0 atom stereocenters. The highest BCUT2D eigenvalue weighted by Gasteiger charge is 2.23. The van der Waals surface area contributed by atoms with Gasteiger partial charge in [0.2, 0.25) is 0 Å². The Morgan fingerprint density at radius 2 is 2.05 bits per heavy atom. The lowest BCUT2D eigenvalue weighted by molar-refractivity contribution is -0.139. The molecule has 1 rings (SSSR count). The quantitative estimate of drug-likeness (QED) is 0.833. The van der Waals surface area contributed by atoms with Gasteiger partial charge in [-0.2, -0.15) is 0 Å². The molecule has 0 aliphatic heterocycles. The van der Waals surface area contributed by atoms with E-state index >= 15 is 0 Å². The molecule has 20 heavy (non-hydrogen) atoms. The normalized spacial score (nSPS) is 11.7. The van der Waals surface area contributed by atoms with E-state index in [1.165, 1.54) is 0 Å². The van der Waals surface area contributed by atoms with Crippen LogP contribution in [0, 0.1) is 0 Å². The molecule has 0 aliphatic rings. The number of hydrogen-bond donors (Lipinski definition) is 1. The van der Waals surface area contributed by atoms with Gasteiger partial charge >= 0.3 is 5.97 Å². The van der Waals surface area contributed by atoms with E-state index in [1.54, 1.807) is 0 Å². The van der Waals surface area contributed by atoms with Crippen LogP contribution in [-0.2, 0) is 11.3 Å². The van der Waals surface area contributed by atoms with Crippen molar-refractivity contribution in [2.75, 3.05) is 13.2 Å². The van der Waals surface area contributed by atoms with Crippen LogP contribution in [0.3, 0.4) is 0 Å². The number of carboxylic acid groups (broad SMARTS) is 1. The first-order valence-electron chi connectivity index (χ1n) is 7.01. The Morgan fingerprint density at radius 1 is 1.35 bits per heavy atom. The standard InChI is InChI=1S/C16H25NO3/c1-5-9-20-14-8-6-7-13(10-14)11-17(12-15(18)19)16(2,3)4/h6-8,10H,5,9,11-12H2,1-4H3,(H,18,19). The summed E-state index contributed by atoms with van der Waals surface area (Å²) in [6, 6.07) is 7.86. The summed E-state index contributed by atoms with van der Waals surface area (Å²) >= 11 is 0. The number of ether oxygens (including phenoxy) is 1. The minimum Gasteiger partial charge on any atom is -0.494 e. The first-order chi connectivity index (χ1) is 9.32. The Bertz CT molecular complexity index is 438. The van der Waals surface area contributed by atoms with Gasteiger partial charge in [-0.3, -0.25) is 9.69 Å². The monoisotopic (exact) mass is 279 g/mol. The second kappa shape index (κ2) is 7.29. The molecular formula is C16H25NO3. The average molecular weight is 279 g/mol. The van der Waals surface area contributed by atoms with Crippen LogP contribution in [0.4, 0.5) is 0 Å². The highest BCUT2D eigenvalue weighted by atomic mass is 16.5. The van der Waals surface area contributed by atoms with Gasteiger partial charge in [0.1, 0.15) is 5.75 Å². The van der Waals surface area contributed by atoms with Gasteiger partial charge in [0.05, 0.1) is 13.2 Å². The second-order valence-electron chi connectivity index (χ2n) is 5.92. The van der Waals surface area contributed by atoms with E-state index in [4.69, 9.17) is 9.84 Å². The first kappa shape index (κ1) is 16.5. The van der Waals surface area contributed by atoms with Crippen LogP contribution < -0.4 is 4.74 Å². The Hall–Kier alpha value is -1.55. The first-order valence-corrected chi connectivity index (χ1v) is 7.01. The van der Waals surface area contributed by atoms with E-state index in [9.17, 15) is 4.79 Å². The number of carbonyl (C=O) groups is 1. The summed E-state index contributed by atoms with van der Waals surface area (Å²) < 4.78 is 5.61. The molecule has 0 aliphatic carbocycles. The molecule has 0 fully saturated rings. The van der Waals surface area contributed by atoms with Crippen molar-refractivity contribution in [3.05, 3.63) is 29.8 Å². The molecule has 1 N–H and O–H groups in total. The van der Waals surface area contributed by atoms with E-state index < -0.39 is 5.97 Å². The lowest BCUT2D eigenvalue weighted by atomic mass is 10.0. The fourth-order valence-corrected chi connectivity index (χ4v) is 1.87. The molecule has 4 nitrogen and oxygen atoms in total. The third kappa shape index (κ3) is 5.61. The summed E-state index contributed by atoms with van der Waals surface area (Å²) in [5.41, 5.74) is 0.869. The number of rotatable bonds is 7. The zero-order valence-corrected chi connectivity index (χ0v) is 12.8. The van der Waals surface area contributed by atoms with Crippen molar-refractivity contribution >= 4 is 5.97 Å². The number of aliphatic carboxylic acids is 1. The molecule has 0 spiro atoms. The van der Waals surface area contributed by atoms with Gasteiger partial charge in [0.15, 0.2) is 0 Å². The molecule has 0 aromatic heterocycles. The van der Waals surface area contributed by atoms with Crippen molar-refractivity contribution in [2.24, 2.45) is 0 Å². The molecule has 0 unspecified atom stereocenters. The fourth-order valence-electron chi connectivity index (χ4n) is 1.87. The molecule has 0 saturated heterocycles. The van der Waals surface area contributed by atoms with Crippen LogP contribution in [-0.4, -0.2) is 34.7 Å². The molecule has 1 aromatic rings. The maximum Gasteiger partial charge on any atom is 0.317 e. The van der Waals surface area contributed by atoms with Gasteiger partial charge in [-0.15, -0.1) is 0 Å². The summed E-state index contributed by atoms with van der Waals surface area (Å²) in [4.78, 5) is 12.9. The summed E-state index contributed by atoms with van der Waals surface area (Å²) in [6.45, 7) is 9.45. The van der Waals surface area contributed by atoms with E-state index in [0.29, 0.717) is 13.2 Å². The lowest BCUT2D eigenvalue weighted by Crippen LogP contribution is -2.43. The van der Waals surface area contributed by atoms with E-state index in [1.807, 2.05) is 49.9 Å². The summed E-state index contributed by atoms with van der Waals surface area (Å²) in [6.07, 6.45) is 0.970. The Kier molecular flexibility index (Phi) is 6.02. The molecule has 0 radical (unpaired) electrons. The number of benzene rings is 1. The Labute approximate surface area is 121 Å². The zero-order chi connectivity index (χ0) is 15.2. The molecule has 0 saturated carbocycles. The lowest BCUT2D eigenvalue weighted by Gasteiger charge is -2.34. The second-order valence-corrected chi connectivity index (χ2v) is 5.92. The van der Waals surface area contributed by atoms with Gasteiger partial charge in [-0.1, -0.05) is 19.1 Å². The minimum absolute atomic E-state index is 0.0313. The summed E-state index contributed by atoms with van der Waals surface area (Å²) in [5.74, 6) is 0.0341. The van der Waals surface area contributed by atoms with Crippen LogP contribution >= 0.6 is 0 Å². The SMILES string of the molecule is CCCOc1cccc(CN(CC(=O)O)C(C)(C)C)c1. The third-order valence-corrected chi connectivity index (χ3v) is 3.02. The van der Waals surface area contributed by atoms with E-state index in [2.05, 4.69) is 6.92 Å². The third-order valence-electron chi connectivity index (χ3n) is 3.02. The maximum absolute atomic E-state index is 11.0. The number of nitrogens with zero attached hydrogens (tertiary/aromatic N) is 1. The molecule has 0 bridgehead atoms. The topological polar surface area (TPSA) is 49.8 Å². The van der Waals surface area contributed by atoms with Gasteiger partial charge < -0.3 is 9.84 Å². The zero-order valence-electron chi connectivity index (χ0n) is 12.8. The van der Waals surface area contributed by atoms with Crippen molar-refractivity contribution in [2.45, 2.75) is 46.2 Å². The highest BCUT2D eigenvalue weighted by Crippen LogP contribution is 2.20. The van der Waals surface area contributed by atoms with Gasteiger partial charge in [-0.05, 0) is 44.9 Å². The molecule has 1 aromatic carbocycles. The largest absolute Gasteiger partial charge is 0.494 e. The molecule has 0 heterocycles. The van der Waals surface area contributed by atoms with Crippen LogP contribution in [0.15, 0.2) is 24.3 Å². The fraction of sp³-hybridized carbons (Fsp3) is 0.562. The Morgan fingerprint density at radius 3 is 2.60 bits per heavy atom. The van der Waals surface area contributed by atoms with Crippen LogP contribution in [0.5, 0.6) is 5.75 Å². The highest BCUT2D eigenvalue weighted by molar-refractivity contribution is 5.69. The number of carboxylic acids is 1.